The van der Waals surface area contributed by atoms with Gasteiger partial charge in [-0.05, 0) is 46.4 Å². The fraction of sp³-hybridized carbons (Fsp3) is 0.464. The average molecular weight is 477 g/mol. The number of aliphatic carboxylic acids is 1. The van der Waals surface area contributed by atoms with Crippen LogP contribution in [0.1, 0.15) is 49.7 Å². The first-order valence-corrected chi connectivity index (χ1v) is 12.5. The lowest BCUT2D eigenvalue weighted by molar-refractivity contribution is -0.139. The zero-order valence-electron chi connectivity index (χ0n) is 20.0. The molecule has 2 aromatic rings. The number of ether oxygens (including phenoxy) is 1. The molecular formula is C28H32N2O5. The number of carboxylic acids is 1. The molecule has 2 N–H and O–H groups in total. The van der Waals surface area contributed by atoms with E-state index in [4.69, 9.17) is 9.84 Å². The third-order valence-electron chi connectivity index (χ3n) is 7.72. The lowest BCUT2D eigenvalue weighted by Gasteiger charge is -2.25. The number of rotatable bonds is 8. The number of carbonyl (C=O) groups excluding carboxylic acids is 2. The number of fused-ring (bicyclic) bond motifs is 3. The first-order chi connectivity index (χ1) is 16.9. The van der Waals surface area contributed by atoms with Gasteiger partial charge in [-0.25, -0.2) is 4.79 Å². The fourth-order valence-electron chi connectivity index (χ4n) is 5.62. The van der Waals surface area contributed by atoms with Crippen LogP contribution in [0.4, 0.5) is 4.79 Å². The zero-order chi connectivity index (χ0) is 24.5. The van der Waals surface area contributed by atoms with Crippen molar-refractivity contribution >= 4 is 18.0 Å². The van der Waals surface area contributed by atoms with E-state index in [-0.39, 0.29) is 36.7 Å². The number of likely N-dealkylation sites (tertiary alicyclic amines) is 1. The van der Waals surface area contributed by atoms with Crippen LogP contribution in [-0.4, -0.2) is 53.7 Å². The van der Waals surface area contributed by atoms with Gasteiger partial charge in [-0.2, -0.15) is 0 Å². The normalized spacial score (nSPS) is 21.8. The number of benzene rings is 2. The summed E-state index contributed by atoms with van der Waals surface area (Å²) in [7, 11) is 0. The van der Waals surface area contributed by atoms with Gasteiger partial charge in [0.1, 0.15) is 12.6 Å². The molecule has 3 aliphatic rings. The number of hydrogen-bond donors (Lipinski definition) is 2. The van der Waals surface area contributed by atoms with E-state index >= 15 is 0 Å². The molecule has 2 fully saturated rings. The highest BCUT2D eigenvalue weighted by molar-refractivity contribution is 5.86. The van der Waals surface area contributed by atoms with Crippen LogP contribution in [0.3, 0.4) is 0 Å². The Kier molecular flexibility index (Phi) is 6.50. The Morgan fingerprint density at radius 1 is 1.03 bits per heavy atom. The minimum absolute atomic E-state index is 0.0399. The quantitative estimate of drug-likeness (QED) is 0.593. The Morgan fingerprint density at radius 3 is 2.26 bits per heavy atom. The summed E-state index contributed by atoms with van der Waals surface area (Å²) in [6, 6.07) is 15.7. The average Bonchev–Trinajstić information content (AvgIpc) is 3.51. The third-order valence-corrected chi connectivity index (χ3v) is 7.72. The van der Waals surface area contributed by atoms with Crippen LogP contribution in [0.25, 0.3) is 11.1 Å². The molecule has 7 nitrogen and oxygen atoms in total. The smallest absolute Gasteiger partial charge is 0.407 e. The van der Waals surface area contributed by atoms with Crippen molar-refractivity contribution in [3.8, 4) is 11.1 Å². The van der Waals surface area contributed by atoms with Gasteiger partial charge in [0, 0.05) is 19.0 Å². The number of nitrogens with zero attached hydrogens (tertiary/aromatic N) is 1. The number of nitrogens with one attached hydrogen (secondary N) is 1. The van der Waals surface area contributed by atoms with E-state index < -0.39 is 18.1 Å². The highest BCUT2D eigenvalue weighted by Crippen LogP contribution is 2.44. The molecule has 35 heavy (non-hydrogen) atoms. The van der Waals surface area contributed by atoms with Crippen LogP contribution in [-0.2, 0) is 14.3 Å². The Balaban J connectivity index is 1.23. The number of alkyl carbamates (subject to hydrolysis) is 1. The van der Waals surface area contributed by atoms with E-state index in [1.54, 1.807) is 4.90 Å². The van der Waals surface area contributed by atoms with Gasteiger partial charge in [0.15, 0.2) is 0 Å². The topological polar surface area (TPSA) is 95.9 Å². The summed E-state index contributed by atoms with van der Waals surface area (Å²) in [5, 5.41) is 12.0. The second-order valence-corrected chi connectivity index (χ2v) is 10.3. The van der Waals surface area contributed by atoms with Gasteiger partial charge in [-0.15, -0.1) is 0 Å². The Morgan fingerprint density at radius 2 is 1.66 bits per heavy atom. The van der Waals surface area contributed by atoms with Gasteiger partial charge in [-0.3, -0.25) is 9.59 Å². The first-order valence-electron chi connectivity index (χ1n) is 12.5. The van der Waals surface area contributed by atoms with Crippen molar-refractivity contribution in [3.63, 3.8) is 0 Å². The van der Waals surface area contributed by atoms with Crippen LogP contribution in [0.15, 0.2) is 48.5 Å². The predicted octanol–water partition coefficient (Wildman–Crippen LogP) is 4.26. The summed E-state index contributed by atoms with van der Waals surface area (Å²) < 4.78 is 5.68. The van der Waals surface area contributed by atoms with Crippen LogP contribution in [0, 0.1) is 17.8 Å². The summed E-state index contributed by atoms with van der Waals surface area (Å²) in [4.78, 5) is 39.1. The maximum Gasteiger partial charge on any atom is 0.407 e. The highest BCUT2D eigenvalue weighted by Gasteiger charge is 2.39. The van der Waals surface area contributed by atoms with Gasteiger partial charge in [-0.1, -0.05) is 68.3 Å². The largest absolute Gasteiger partial charge is 0.481 e. The van der Waals surface area contributed by atoms with Crippen LogP contribution in [0.5, 0.6) is 0 Å². The Hall–Kier alpha value is -3.35. The molecule has 2 unspecified atom stereocenters. The van der Waals surface area contributed by atoms with Gasteiger partial charge >= 0.3 is 12.1 Å². The molecule has 2 aliphatic carbocycles. The molecule has 1 saturated carbocycles. The predicted molar refractivity (Wildman–Crippen MR) is 131 cm³/mol. The van der Waals surface area contributed by atoms with E-state index in [0.29, 0.717) is 25.4 Å². The SMILES string of the molecule is CC1CN(C(=O)[C@H](CC2CC2)NC(=O)OCC2c3ccccc3-c3ccccc32)CC1CC(=O)O. The van der Waals surface area contributed by atoms with E-state index in [1.165, 1.54) is 0 Å². The van der Waals surface area contributed by atoms with Crippen molar-refractivity contribution in [3.05, 3.63) is 59.7 Å². The monoisotopic (exact) mass is 476 g/mol. The highest BCUT2D eigenvalue weighted by atomic mass is 16.5. The Bertz CT molecular complexity index is 1080. The summed E-state index contributed by atoms with van der Waals surface area (Å²) in [6.07, 6.45) is 2.19. The summed E-state index contributed by atoms with van der Waals surface area (Å²) in [5.74, 6) is -0.527. The van der Waals surface area contributed by atoms with Gasteiger partial charge in [0.25, 0.3) is 0 Å². The zero-order valence-corrected chi connectivity index (χ0v) is 20.0. The van der Waals surface area contributed by atoms with E-state index in [0.717, 1.165) is 35.1 Å². The maximum absolute atomic E-state index is 13.3. The van der Waals surface area contributed by atoms with Crippen LogP contribution in [0.2, 0.25) is 0 Å². The van der Waals surface area contributed by atoms with E-state index in [1.807, 2.05) is 31.2 Å². The molecule has 2 aromatic carbocycles. The molecule has 1 heterocycles. The molecule has 5 rings (SSSR count). The molecule has 0 aromatic heterocycles. The van der Waals surface area contributed by atoms with Crippen molar-refractivity contribution in [2.24, 2.45) is 17.8 Å². The molecule has 184 valence electrons. The number of carboxylic acid groups (broad SMARTS) is 1. The lowest BCUT2D eigenvalue weighted by Crippen LogP contribution is -2.48. The second-order valence-electron chi connectivity index (χ2n) is 10.3. The second kappa shape index (κ2) is 9.72. The minimum atomic E-state index is -0.845. The molecule has 2 amide bonds. The van der Waals surface area contributed by atoms with E-state index in [2.05, 4.69) is 29.6 Å². The fourth-order valence-corrected chi connectivity index (χ4v) is 5.62. The lowest BCUT2D eigenvalue weighted by atomic mass is 9.95. The summed E-state index contributed by atoms with van der Waals surface area (Å²) in [6.45, 7) is 3.12. The Labute approximate surface area is 205 Å². The van der Waals surface area contributed by atoms with Crippen molar-refractivity contribution in [2.75, 3.05) is 19.7 Å². The minimum Gasteiger partial charge on any atom is -0.481 e. The maximum atomic E-state index is 13.3. The number of carbonyl (C=O) groups is 3. The molecule has 1 aliphatic heterocycles. The number of amides is 2. The summed E-state index contributed by atoms with van der Waals surface area (Å²) in [5.41, 5.74) is 4.61. The van der Waals surface area contributed by atoms with Crippen molar-refractivity contribution in [1.29, 1.82) is 0 Å². The molecule has 0 radical (unpaired) electrons. The molecule has 0 spiro atoms. The van der Waals surface area contributed by atoms with Crippen molar-refractivity contribution in [2.45, 2.75) is 44.6 Å². The van der Waals surface area contributed by atoms with Crippen LogP contribution >= 0.6 is 0 Å². The van der Waals surface area contributed by atoms with Crippen LogP contribution < -0.4 is 5.32 Å². The van der Waals surface area contributed by atoms with Gasteiger partial charge in [0.05, 0.1) is 6.42 Å². The number of hydrogen-bond acceptors (Lipinski definition) is 4. The third kappa shape index (κ3) is 5.04. The van der Waals surface area contributed by atoms with Gasteiger partial charge < -0.3 is 20.1 Å². The van der Waals surface area contributed by atoms with Crippen molar-refractivity contribution in [1.82, 2.24) is 10.2 Å². The molecule has 7 heteroatoms. The molecule has 0 bridgehead atoms. The van der Waals surface area contributed by atoms with E-state index in [9.17, 15) is 14.4 Å². The molecule has 1 saturated heterocycles. The standard InChI is InChI=1S/C28H32N2O5/c1-17-14-30(15-19(17)13-26(31)32)27(33)25(12-18-10-11-18)29-28(34)35-16-24-22-8-4-2-6-20(22)21-7-3-5-9-23(21)24/h2-9,17-19,24-25H,10-16H2,1H3,(H,29,34)(H,31,32)/t17?,19?,25-/m0/s1. The van der Waals surface area contributed by atoms with Crippen molar-refractivity contribution < 1.29 is 24.2 Å². The van der Waals surface area contributed by atoms with Gasteiger partial charge in [0.2, 0.25) is 5.91 Å². The molecular weight excluding hydrogens is 444 g/mol. The first kappa shape index (κ1) is 23.4. The summed E-state index contributed by atoms with van der Waals surface area (Å²) >= 11 is 0. The molecule has 3 atom stereocenters.